The first-order chi connectivity index (χ1) is 13.3. The number of rotatable bonds is 5. The number of benzene rings is 1. The highest BCUT2D eigenvalue weighted by Crippen LogP contribution is 2.20. The second-order valence-electron chi connectivity index (χ2n) is 5.95. The van der Waals surface area contributed by atoms with Crippen LogP contribution in [0.2, 0.25) is 0 Å². The number of H-pyrrole nitrogens is 1. The lowest BCUT2D eigenvalue weighted by Crippen LogP contribution is -2.34. The van der Waals surface area contributed by atoms with Crippen LogP contribution in [0.5, 0.6) is 5.75 Å². The molecule has 0 saturated heterocycles. The first-order valence-electron chi connectivity index (χ1n) is 9.26. The molecule has 3 N–H and O–H groups in total. The fourth-order valence-corrected chi connectivity index (χ4v) is 2.03. The van der Waals surface area contributed by atoms with E-state index >= 15 is 0 Å². The summed E-state index contributed by atoms with van der Waals surface area (Å²) in [7, 11) is 6.25. The molecule has 152 valence electrons. The smallest absolute Gasteiger partial charge is 0.258 e. The number of ether oxygens (including phenoxy) is 1. The first kappa shape index (κ1) is 25.4. The number of carbonyl (C=O) groups is 1. The van der Waals surface area contributed by atoms with Crippen molar-refractivity contribution in [1.82, 2.24) is 20.5 Å². The molecule has 1 aromatic heterocycles. The maximum absolute atomic E-state index is 11.9. The van der Waals surface area contributed by atoms with Gasteiger partial charge in [-0.3, -0.25) is 9.59 Å². The third kappa shape index (κ3) is 8.86. The number of aromatic nitrogens is 2. The molecular formula is C20H31BN4O3. The fraction of sp³-hybridized carbons (Fsp3) is 0.450. The molecule has 2 radical (unpaired) electrons. The van der Waals surface area contributed by atoms with Gasteiger partial charge in [0.2, 0.25) is 0 Å². The molecule has 0 atom stereocenters. The van der Waals surface area contributed by atoms with Crippen LogP contribution >= 0.6 is 0 Å². The zero-order valence-corrected chi connectivity index (χ0v) is 17.8. The molecule has 1 aromatic carbocycles. The molecule has 2 aromatic rings. The van der Waals surface area contributed by atoms with Gasteiger partial charge >= 0.3 is 0 Å². The van der Waals surface area contributed by atoms with Crippen molar-refractivity contribution in [2.24, 2.45) is 0 Å². The molecule has 2 rings (SSSR count). The maximum Gasteiger partial charge on any atom is 0.258 e. The predicted octanol–water partition coefficient (Wildman–Crippen LogP) is 2.27. The summed E-state index contributed by atoms with van der Waals surface area (Å²) in [6.45, 7) is 11.3. The average Bonchev–Trinajstić information content (AvgIpc) is 2.66. The number of nitrogens with zero attached hydrogens (tertiary/aromatic N) is 1. The van der Waals surface area contributed by atoms with E-state index in [0.29, 0.717) is 22.8 Å². The van der Waals surface area contributed by atoms with E-state index < -0.39 is 0 Å². The van der Waals surface area contributed by atoms with Gasteiger partial charge in [0.15, 0.2) is 14.6 Å². The molecule has 0 unspecified atom stereocenters. The average molecular weight is 386 g/mol. The largest absolute Gasteiger partial charge is 0.484 e. The monoisotopic (exact) mass is 386 g/mol. The number of carbonyl (C=O) groups excluding carboxylic acids is 1. The quantitative estimate of drug-likeness (QED) is 0.686. The highest BCUT2D eigenvalue weighted by molar-refractivity contribution is 6.04. The number of hydrogen-bond donors (Lipinski definition) is 3. The van der Waals surface area contributed by atoms with E-state index in [0.717, 1.165) is 5.56 Å². The van der Waals surface area contributed by atoms with Gasteiger partial charge < -0.3 is 20.3 Å². The molecule has 0 saturated carbocycles. The molecular weight excluding hydrogens is 355 g/mol. The van der Waals surface area contributed by atoms with Crippen LogP contribution in [0.4, 0.5) is 0 Å². The van der Waals surface area contributed by atoms with E-state index in [4.69, 9.17) is 4.74 Å². The molecule has 1 heterocycles. The van der Waals surface area contributed by atoms with Gasteiger partial charge in [-0.2, -0.15) is 0 Å². The van der Waals surface area contributed by atoms with E-state index in [-0.39, 0.29) is 24.1 Å². The Hall–Kier alpha value is -2.61. The number of amides is 1. The van der Waals surface area contributed by atoms with Crippen LogP contribution in [0.3, 0.4) is 0 Å². The van der Waals surface area contributed by atoms with E-state index in [2.05, 4.69) is 28.5 Å². The SMILES string of the molecule is CC.Cc1nc(-c2cccc(OCC(=O)NC(C)C)c2)[nH]c(=O)c1C.[B]NC. The van der Waals surface area contributed by atoms with Gasteiger partial charge in [0.25, 0.3) is 11.5 Å². The topological polar surface area (TPSA) is 96.1 Å². The summed E-state index contributed by atoms with van der Waals surface area (Å²) in [5.74, 6) is 0.848. The van der Waals surface area contributed by atoms with Crippen LogP contribution in [-0.4, -0.2) is 43.6 Å². The summed E-state index contributed by atoms with van der Waals surface area (Å²) in [5.41, 5.74) is 1.86. The standard InChI is InChI=1S/C17H21N3O3.C2H6.CH4BN/c1-10(2)18-15(21)9-23-14-7-5-6-13(8-14)16-19-12(4)11(3)17(22)20-16;1-2;1-3-2/h5-8,10H,9H2,1-4H3,(H,18,21)(H,19,20,22);1-2H3;3H,1H3. The molecule has 0 spiro atoms. The number of aryl methyl sites for hydroxylation is 1. The van der Waals surface area contributed by atoms with Crippen LogP contribution in [0.1, 0.15) is 39.0 Å². The third-order valence-corrected chi connectivity index (χ3v) is 3.32. The summed E-state index contributed by atoms with van der Waals surface area (Å²) in [4.78, 5) is 30.6. The van der Waals surface area contributed by atoms with Gasteiger partial charge in [-0.05, 0) is 46.9 Å². The lowest BCUT2D eigenvalue weighted by Gasteiger charge is -2.10. The molecule has 1 amide bonds. The Labute approximate surface area is 168 Å². The molecule has 0 aliphatic carbocycles. The number of hydrogen-bond acceptors (Lipinski definition) is 5. The molecule has 0 fully saturated rings. The number of aromatic amines is 1. The van der Waals surface area contributed by atoms with Gasteiger partial charge in [0.1, 0.15) is 11.6 Å². The van der Waals surface area contributed by atoms with Gasteiger partial charge in [0, 0.05) is 22.9 Å². The fourth-order valence-electron chi connectivity index (χ4n) is 2.03. The van der Waals surface area contributed by atoms with Crippen LogP contribution in [0.25, 0.3) is 11.4 Å². The van der Waals surface area contributed by atoms with Gasteiger partial charge in [-0.1, -0.05) is 26.0 Å². The van der Waals surface area contributed by atoms with Crippen LogP contribution in [0, 0.1) is 13.8 Å². The summed E-state index contributed by atoms with van der Waals surface area (Å²) >= 11 is 0. The molecule has 7 nitrogen and oxygen atoms in total. The minimum absolute atomic E-state index is 0.0570. The Morgan fingerprint density at radius 3 is 2.43 bits per heavy atom. The van der Waals surface area contributed by atoms with Crippen molar-refractivity contribution in [3.05, 3.63) is 45.9 Å². The zero-order chi connectivity index (χ0) is 21.7. The molecule has 0 aliphatic rings. The highest BCUT2D eigenvalue weighted by atomic mass is 16.5. The lowest BCUT2D eigenvalue weighted by atomic mass is 10.2. The Morgan fingerprint density at radius 1 is 1.29 bits per heavy atom. The van der Waals surface area contributed by atoms with E-state index in [9.17, 15) is 9.59 Å². The molecule has 0 aliphatic heterocycles. The van der Waals surface area contributed by atoms with Crippen molar-refractivity contribution in [2.75, 3.05) is 13.7 Å². The second kappa shape index (κ2) is 13.5. The molecule has 28 heavy (non-hydrogen) atoms. The highest BCUT2D eigenvalue weighted by Gasteiger charge is 2.08. The maximum atomic E-state index is 11.9. The summed E-state index contributed by atoms with van der Waals surface area (Å²) in [5, 5.41) is 5.01. The van der Waals surface area contributed by atoms with Crippen LogP contribution < -0.4 is 20.8 Å². The zero-order valence-electron chi connectivity index (χ0n) is 17.8. The first-order valence-corrected chi connectivity index (χ1v) is 9.26. The van der Waals surface area contributed by atoms with E-state index in [1.807, 2.05) is 33.8 Å². The minimum atomic E-state index is -0.178. The van der Waals surface area contributed by atoms with Gasteiger partial charge in [-0.15, -0.1) is 0 Å². The predicted molar refractivity (Wildman–Crippen MR) is 115 cm³/mol. The van der Waals surface area contributed by atoms with Crippen LogP contribution in [-0.2, 0) is 4.79 Å². The molecule has 8 heteroatoms. The minimum Gasteiger partial charge on any atom is -0.484 e. The summed E-state index contributed by atoms with van der Waals surface area (Å²) < 4.78 is 5.48. The van der Waals surface area contributed by atoms with Crippen molar-refractivity contribution >= 4 is 13.9 Å². The van der Waals surface area contributed by atoms with Gasteiger partial charge in [-0.25, -0.2) is 4.98 Å². The molecule has 0 bridgehead atoms. The number of nitrogens with one attached hydrogen (secondary N) is 3. The van der Waals surface area contributed by atoms with Crippen molar-refractivity contribution in [3.8, 4) is 17.1 Å². The van der Waals surface area contributed by atoms with Gasteiger partial charge in [0.05, 0.1) is 0 Å². The Balaban J connectivity index is 0.00000133. The lowest BCUT2D eigenvalue weighted by molar-refractivity contribution is -0.123. The van der Waals surface area contributed by atoms with Crippen molar-refractivity contribution in [1.29, 1.82) is 0 Å². The Bertz CT molecular complexity index is 791. The third-order valence-electron chi connectivity index (χ3n) is 3.32. The van der Waals surface area contributed by atoms with Crippen molar-refractivity contribution in [3.63, 3.8) is 0 Å². The van der Waals surface area contributed by atoms with Crippen LogP contribution in [0.15, 0.2) is 29.1 Å². The summed E-state index contributed by atoms with van der Waals surface area (Å²) in [6, 6.07) is 7.19. The van der Waals surface area contributed by atoms with E-state index in [1.165, 1.54) is 0 Å². The van der Waals surface area contributed by atoms with Crippen molar-refractivity contribution in [2.45, 2.75) is 47.6 Å². The van der Waals surface area contributed by atoms with E-state index in [1.54, 1.807) is 39.1 Å². The second-order valence-corrected chi connectivity index (χ2v) is 5.95. The summed E-state index contributed by atoms with van der Waals surface area (Å²) in [6.07, 6.45) is 0. The van der Waals surface area contributed by atoms with Crippen molar-refractivity contribution < 1.29 is 9.53 Å². The Kier molecular flexibility index (Phi) is 12.3. The Morgan fingerprint density at radius 2 is 1.89 bits per heavy atom. The normalized spacial score (nSPS) is 9.57.